The van der Waals surface area contributed by atoms with Crippen molar-refractivity contribution in [2.24, 2.45) is 0 Å². The van der Waals surface area contributed by atoms with E-state index in [1.807, 2.05) is 12.3 Å². The molecule has 0 aliphatic rings. The Hall–Kier alpha value is -1.75. The minimum atomic E-state index is 0.245. The first kappa shape index (κ1) is 10.8. The number of thiazole rings is 1. The van der Waals surface area contributed by atoms with E-state index in [0.717, 1.165) is 16.4 Å². The molecule has 4 N–H and O–H groups in total. The van der Waals surface area contributed by atoms with Crippen LogP contribution in [0.5, 0.6) is 5.75 Å². The van der Waals surface area contributed by atoms with Crippen molar-refractivity contribution in [2.45, 2.75) is 13.5 Å². The smallest absolute Gasteiger partial charge is 0.183 e. The first-order valence-corrected chi connectivity index (χ1v) is 5.76. The number of aromatic hydroxyl groups is 1. The second-order valence-electron chi connectivity index (χ2n) is 3.54. The number of hydrogen-bond donors (Lipinski definition) is 3. The Morgan fingerprint density at radius 2 is 2.31 bits per heavy atom. The first-order chi connectivity index (χ1) is 7.65. The van der Waals surface area contributed by atoms with Crippen molar-refractivity contribution in [2.75, 3.05) is 11.1 Å². The van der Waals surface area contributed by atoms with Crippen molar-refractivity contribution >= 4 is 22.2 Å². The zero-order valence-corrected chi connectivity index (χ0v) is 9.71. The third-order valence-corrected chi connectivity index (χ3v) is 3.07. The molecule has 5 heteroatoms. The maximum absolute atomic E-state index is 9.61. The largest absolute Gasteiger partial charge is 0.508 e. The van der Waals surface area contributed by atoms with Crippen molar-refractivity contribution in [1.29, 1.82) is 0 Å². The third kappa shape index (κ3) is 2.43. The zero-order valence-electron chi connectivity index (χ0n) is 8.90. The van der Waals surface area contributed by atoms with E-state index >= 15 is 0 Å². The highest BCUT2D eigenvalue weighted by atomic mass is 32.1. The van der Waals surface area contributed by atoms with Gasteiger partial charge < -0.3 is 16.2 Å². The number of nitrogens with zero attached hydrogens (tertiary/aromatic N) is 1. The van der Waals surface area contributed by atoms with Gasteiger partial charge in [-0.3, -0.25) is 0 Å². The fourth-order valence-corrected chi connectivity index (χ4v) is 2.04. The molecule has 1 heterocycles. The quantitative estimate of drug-likeness (QED) is 0.564. The summed E-state index contributed by atoms with van der Waals surface area (Å²) in [5.41, 5.74) is 8.05. The Kier molecular flexibility index (Phi) is 2.96. The summed E-state index contributed by atoms with van der Waals surface area (Å²) in [5, 5.41) is 15.6. The predicted molar refractivity (Wildman–Crippen MR) is 66.7 cm³/mol. The summed E-state index contributed by atoms with van der Waals surface area (Å²) in [7, 11) is 0. The van der Waals surface area contributed by atoms with Gasteiger partial charge in [-0.25, -0.2) is 4.98 Å². The number of benzene rings is 1. The summed E-state index contributed by atoms with van der Waals surface area (Å²) >= 11 is 1.54. The van der Waals surface area contributed by atoms with Gasteiger partial charge in [0.15, 0.2) is 5.13 Å². The van der Waals surface area contributed by atoms with E-state index in [1.54, 1.807) is 29.5 Å². The molecule has 0 aliphatic heterocycles. The number of nitrogens with two attached hydrogens (primary N) is 1. The van der Waals surface area contributed by atoms with Crippen molar-refractivity contribution in [3.8, 4) is 5.75 Å². The highest BCUT2D eigenvalue weighted by Crippen LogP contribution is 2.22. The number of nitrogen functional groups attached to an aromatic ring is 1. The lowest BCUT2D eigenvalue weighted by Gasteiger charge is -2.06. The topological polar surface area (TPSA) is 71.2 Å². The lowest BCUT2D eigenvalue weighted by Crippen LogP contribution is -2.00. The Labute approximate surface area is 97.8 Å². The van der Waals surface area contributed by atoms with Gasteiger partial charge in [0.1, 0.15) is 5.75 Å². The molecule has 0 unspecified atom stereocenters. The van der Waals surface area contributed by atoms with E-state index in [1.165, 1.54) is 0 Å². The fraction of sp³-hybridized carbons (Fsp3) is 0.182. The van der Waals surface area contributed by atoms with E-state index in [4.69, 9.17) is 5.73 Å². The molecule has 0 aliphatic carbocycles. The molecule has 0 radical (unpaired) electrons. The first-order valence-electron chi connectivity index (χ1n) is 4.88. The van der Waals surface area contributed by atoms with Crippen LogP contribution in [-0.2, 0) is 6.54 Å². The molecule has 0 amide bonds. The van der Waals surface area contributed by atoms with E-state index in [-0.39, 0.29) is 5.75 Å². The molecule has 84 valence electrons. The Bertz CT molecular complexity index is 496. The van der Waals surface area contributed by atoms with E-state index in [2.05, 4.69) is 10.3 Å². The number of nitrogens with one attached hydrogen (secondary N) is 1. The average molecular weight is 235 g/mol. The van der Waals surface area contributed by atoms with Crippen molar-refractivity contribution < 1.29 is 5.11 Å². The molecule has 1 aromatic carbocycles. The van der Waals surface area contributed by atoms with Crippen molar-refractivity contribution in [1.82, 2.24) is 4.98 Å². The standard InChI is InChI=1S/C11H13N3OS/c1-7-6-16-11(14-7)13-5-8-4-9(12)2-3-10(8)15/h2-4,6,15H,5,12H2,1H3,(H,13,14). The Balaban J connectivity index is 2.07. The molecule has 16 heavy (non-hydrogen) atoms. The van der Waals surface area contributed by atoms with Gasteiger partial charge >= 0.3 is 0 Å². The molecular formula is C11H13N3OS. The number of hydrogen-bond acceptors (Lipinski definition) is 5. The lowest BCUT2D eigenvalue weighted by atomic mass is 10.2. The molecule has 0 fully saturated rings. The highest BCUT2D eigenvalue weighted by molar-refractivity contribution is 7.13. The molecule has 2 aromatic rings. The van der Waals surface area contributed by atoms with Gasteiger partial charge in [0, 0.05) is 23.2 Å². The monoisotopic (exact) mass is 235 g/mol. The number of aryl methyl sites for hydroxylation is 1. The normalized spacial score (nSPS) is 10.3. The van der Waals surface area contributed by atoms with Crippen LogP contribution in [0.15, 0.2) is 23.6 Å². The fourth-order valence-electron chi connectivity index (χ4n) is 1.35. The number of aromatic nitrogens is 1. The lowest BCUT2D eigenvalue weighted by molar-refractivity contribution is 0.469. The van der Waals surface area contributed by atoms with Gasteiger partial charge in [-0.2, -0.15) is 0 Å². The van der Waals surface area contributed by atoms with Gasteiger partial charge in [-0.1, -0.05) is 0 Å². The number of phenols is 1. The van der Waals surface area contributed by atoms with Crippen LogP contribution in [0, 0.1) is 6.92 Å². The van der Waals surface area contributed by atoms with Crippen LogP contribution in [-0.4, -0.2) is 10.1 Å². The number of phenolic OH excluding ortho intramolecular Hbond substituents is 1. The summed E-state index contributed by atoms with van der Waals surface area (Å²) in [6.45, 7) is 2.46. The molecular weight excluding hydrogens is 222 g/mol. The maximum Gasteiger partial charge on any atom is 0.183 e. The second kappa shape index (κ2) is 4.40. The van der Waals surface area contributed by atoms with Crippen LogP contribution in [0.1, 0.15) is 11.3 Å². The summed E-state index contributed by atoms with van der Waals surface area (Å²) in [4.78, 5) is 4.27. The van der Waals surface area contributed by atoms with Crippen LogP contribution in [0.4, 0.5) is 10.8 Å². The molecule has 0 saturated heterocycles. The van der Waals surface area contributed by atoms with Crippen LogP contribution >= 0.6 is 11.3 Å². The third-order valence-electron chi connectivity index (χ3n) is 2.15. The predicted octanol–water partition coefficient (Wildman–Crippen LogP) is 2.35. The molecule has 0 saturated carbocycles. The zero-order chi connectivity index (χ0) is 11.5. The van der Waals surface area contributed by atoms with Crippen molar-refractivity contribution in [3.63, 3.8) is 0 Å². The maximum atomic E-state index is 9.61. The van der Waals surface area contributed by atoms with Gasteiger partial charge in [0.25, 0.3) is 0 Å². The molecule has 0 bridgehead atoms. The number of anilines is 2. The van der Waals surface area contributed by atoms with Crippen LogP contribution in [0.25, 0.3) is 0 Å². The summed E-state index contributed by atoms with van der Waals surface area (Å²) in [6.07, 6.45) is 0. The molecule has 1 aromatic heterocycles. The van der Waals surface area contributed by atoms with Crippen LogP contribution < -0.4 is 11.1 Å². The van der Waals surface area contributed by atoms with Gasteiger partial charge in [-0.05, 0) is 25.1 Å². The van der Waals surface area contributed by atoms with E-state index in [0.29, 0.717) is 12.2 Å². The SMILES string of the molecule is Cc1csc(NCc2cc(N)ccc2O)n1. The molecule has 2 rings (SSSR count). The van der Waals surface area contributed by atoms with Gasteiger partial charge in [0.2, 0.25) is 0 Å². The van der Waals surface area contributed by atoms with Gasteiger partial charge in [0.05, 0.1) is 5.69 Å². The minimum Gasteiger partial charge on any atom is -0.508 e. The average Bonchev–Trinajstić information content (AvgIpc) is 2.66. The second-order valence-corrected chi connectivity index (χ2v) is 4.39. The highest BCUT2D eigenvalue weighted by Gasteiger charge is 2.03. The number of rotatable bonds is 3. The minimum absolute atomic E-state index is 0.245. The molecule has 4 nitrogen and oxygen atoms in total. The molecule has 0 spiro atoms. The Morgan fingerprint density at radius 1 is 1.50 bits per heavy atom. The summed E-state index contributed by atoms with van der Waals surface area (Å²) in [6, 6.07) is 5.02. The van der Waals surface area contributed by atoms with Crippen LogP contribution in [0.3, 0.4) is 0 Å². The van der Waals surface area contributed by atoms with Gasteiger partial charge in [-0.15, -0.1) is 11.3 Å². The summed E-state index contributed by atoms with van der Waals surface area (Å²) in [5.74, 6) is 0.245. The van der Waals surface area contributed by atoms with Crippen molar-refractivity contribution in [3.05, 3.63) is 34.8 Å². The molecule has 0 atom stereocenters. The van der Waals surface area contributed by atoms with E-state index in [9.17, 15) is 5.11 Å². The summed E-state index contributed by atoms with van der Waals surface area (Å²) < 4.78 is 0. The van der Waals surface area contributed by atoms with E-state index < -0.39 is 0 Å². The van der Waals surface area contributed by atoms with Crippen LogP contribution in [0.2, 0.25) is 0 Å². The Morgan fingerprint density at radius 3 is 3.00 bits per heavy atom.